The van der Waals surface area contributed by atoms with E-state index in [0.29, 0.717) is 30.5 Å². The third-order valence-electron chi connectivity index (χ3n) is 5.31. The van der Waals surface area contributed by atoms with Gasteiger partial charge in [0.05, 0.1) is 7.11 Å². The summed E-state index contributed by atoms with van der Waals surface area (Å²) < 4.78 is 24.3. The second-order valence-corrected chi connectivity index (χ2v) is 7.05. The number of aromatic nitrogens is 1. The van der Waals surface area contributed by atoms with Gasteiger partial charge in [-0.2, -0.15) is 0 Å². The summed E-state index contributed by atoms with van der Waals surface area (Å²) in [5, 5.41) is 0.888. The zero-order valence-corrected chi connectivity index (χ0v) is 15.8. The number of amides is 1. The van der Waals surface area contributed by atoms with Crippen LogP contribution in [0, 0.1) is 5.82 Å². The molecule has 4 rings (SSSR count). The number of para-hydroxylation sites is 2. The fourth-order valence-electron chi connectivity index (χ4n) is 3.75. The van der Waals surface area contributed by atoms with Crippen LogP contribution in [0.4, 0.5) is 4.39 Å². The van der Waals surface area contributed by atoms with E-state index < -0.39 is 0 Å². The van der Waals surface area contributed by atoms with Crippen molar-refractivity contribution in [1.82, 2.24) is 9.88 Å². The van der Waals surface area contributed by atoms with E-state index in [9.17, 15) is 9.18 Å². The number of piperidine rings is 1. The standard InChI is InChI=1S/C22H23FN2O3/c1-27-20-4-2-3-5-21(20)28-14-22(26)25-10-8-15(9-11-25)19-13-16-12-17(23)6-7-18(16)24-19/h2-7,12-13,15,24H,8-11,14H2,1H3. The monoisotopic (exact) mass is 382 g/mol. The Labute approximate surface area is 163 Å². The summed E-state index contributed by atoms with van der Waals surface area (Å²) in [7, 11) is 1.58. The number of H-pyrrole nitrogens is 1. The van der Waals surface area contributed by atoms with Gasteiger partial charge in [0.2, 0.25) is 0 Å². The Morgan fingerprint density at radius 3 is 2.64 bits per heavy atom. The van der Waals surface area contributed by atoms with Gasteiger partial charge in [-0.3, -0.25) is 4.79 Å². The lowest BCUT2D eigenvalue weighted by molar-refractivity contribution is -0.134. The number of carbonyl (C=O) groups is 1. The third kappa shape index (κ3) is 3.81. The number of likely N-dealkylation sites (tertiary alicyclic amines) is 1. The molecule has 2 heterocycles. The molecular formula is C22H23FN2O3. The minimum atomic E-state index is -0.228. The molecule has 1 amide bonds. The van der Waals surface area contributed by atoms with Crippen LogP contribution < -0.4 is 9.47 Å². The Morgan fingerprint density at radius 1 is 1.14 bits per heavy atom. The molecule has 1 aliphatic heterocycles. The number of halogens is 1. The van der Waals surface area contributed by atoms with Gasteiger partial charge in [-0.1, -0.05) is 12.1 Å². The molecule has 2 aromatic carbocycles. The zero-order chi connectivity index (χ0) is 19.5. The second kappa shape index (κ2) is 7.92. The number of hydrogen-bond acceptors (Lipinski definition) is 3. The largest absolute Gasteiger partial charge is 0.493 e. The van der Waals surface area contributed by atoms with Gasteiger partial charge in [0.25, 0.3) is 5.91 Å². The summed E-state index contributed by atoms with van der Waals surface area (Å²) in [5.74, 6) is 1.27. The van der Waals surface area contributed by atoms with E-state index in [1.807, 2.05) is 23.1 Å². The van der Waals surface area contributed by atoms with Crippen molar-refractivity contribution in [2.75, 3.05) is 26.8 Å². The van der Waals surface area contributed by atoms with E-state index in [1.54, 1.807) is 31.4 Å². The highest BCUT2D eigenvalue weighted by Gasteiger charge is 2.25. The van der Waals surface area contributed by atoms with Crippen molar-refractivity contribution in [3.05, 3.63) is 60.0 Å². The molecule has 0 bridgehead atoms. The van der Waals surface area contributed by atoms with Crippen LogP contribution in [0.1, 0.15) is 24.5 Å². The number of methoxy groups -OCH3 is 1. The van der Waals surface area contributed by atoms with Gasteiger partial charge < -0.3 is 19.4 Å². The summed E-state index contributed by atoms with van der Waals surface area (Å²) in [5.41, 5.74) is 2.05. The van der Waals surface area contributed by atoms with Gasteiger partial charge in [0.15, 0.2) is 18.1 Å². The molecule has 5 nitrogen and oxygen atoms in total. The molecule has 6 heteroatoms. The van der Waals surface area contributed by atoms with Crippen molar-refractivity contribution in [3.63, 3.8) is 0 Å². The van der Waals surface area contributed by atoms with E-state index in [1.165, 1.54) is 6.07 Å². The molecule has 0 saturated carbocycles. The Balaban J connectivity index is 1.33. The molecular weight excluding hydrogens is 359 g/mol. The van der Waals surface area contributed by atoms with Crippen molar-refractivity contribution < 1.29 is 18.7 Å². The van der Waals surface area contributed by atoms with Crippen LogP contribution in [0.2, 0.25) is 0 Å². The van der Waals surface area contributed by atoms with Crippen LogP contribution in [-0.2, 0) is 4.79 Å². The van der Waals surface area contributed by atoms with Crippen LogP contribution in [0.3, 0.4) is 0 Å². The van der Waals surface area contributed by atoms with Crippen molar-refractivity contribution in [2.24, 2.45) is 0 Å². The molecule has 0 radical (unpaired) electrons. The van der Waals surface area contributed by atoms with Crippen LogP contribution in [-0.4, -0.2) is 42.6 Å². The molecule has 3 aromatic rings. The van der Waals surface area contributed by atoms with Crippen LogP contribution in [0.5, 0.6) is 11.5 Å². The molecule has 146 valence electrons. The SMILES string of the molecule is COc1ccccc1OCC(=O)N1CCC(c2cc3cc(F)ccc3[nH]2)CC1. The number of rotatable bonds is 5. The highest BCUT2D eigenvalue weighted by molar-refractivity contribution is 5.80. The maximum Gasteiger partial charge on any atom is 0.260 e. The van der Waals surface area contributed by atoms with Crippen molar-refractivity contribution in [2.45, 2.75) is 18.8 Å². The maximum atomic E-state index is 13.4. The number of fused-ring (bicyclic) bond motifs is 1. The molecule has 0 unspecified atom stereocenters. The number of hydrogen-bond donors (Lipinski definition) is 1. The normalized spacial score (nSPS) is 15.0. The number of nitrogens with one attached hydrogen (secondary N) is 1. The predicted octanol–water partition coefficient (Wildman–Crippen LogP) is 4.10. The zero-order valence-electron chi connectivity index (χ0n) is 15.8. The fraction of sp³-hybridized carbons (Fsp3) is 0.318. The van der Waals surface area contributed by atoms with E-state index in [2.05, 4.69) is 4.98 Å². The van der Waals surface area contributed by atoms with E-state index in [4.69, 9.17) is 9.47 Å². The van der Waals surface area contributed by atoms with Crippen LogP contribution >= 0.6 is 0 Å². The molecule has 1 saturated heterocycles. The van der Waals surface area contributed by atoms with Gasteiger partial charge in [-0.25, -0.2) is 4.39 Å². The Bertz CT molecular complexity index is 977. The molecule has 28 heavy (non-hydrogen) atoms. The molecule has 0 spiro atoms. The van der Waals surface area contributed by atoms with Crippen molar-refractivity contribution in [3.8, 4) is 11.5 Å². The Kier molecular flexibility index (Phi) is 5.19. The van der Waals surface area contributed by atoms with E-state index in [0.717, 1.165) is 29.4 Å². The summed E-state index contributed by atoms with van der Waals surface area (Å²) in [6.45, 7) is 1.36. The van der Waals surface area contributed by atoms with E-state index in [-0.39, 0.29) is 18.3 Å². The molecule has 1 aliphatic rings. The number of benzene rings is 2. The third-order valence-corrected chi connectivity index (χ3v) is 5.31. The second-order valence-electron chi connectivity index (χ2n) is 7.05. The minimum Gasteiger partial charge on any atom is -0.493 e. The molecule has 0 aliphatic carbocycles. The van der Waals surface area contributed by atoms with Crippen molar-refractivity contribution in [1.29, 1.82) is 0 Å². The molecule has 1 N–H and O–H groups in total. The highest BCUT2D eigenvalue weighted by atomic mass is 19.1. The summed E-state index contributed by atoms with van der Waals surface area (Å²) >= 11 is 0. The van der Waals surface area contributed by atoms with E-state index >= 15 is 0 Å². The topological polar surface area (TPSA) is 54.6 Å². The predicted molar refractivity (Wildman–Crippen MR) is 105 cm³/mol. The van der Waals surface area contributed by atoms with Gasteiger partial charge in [-0.05, 0) is 49.2 Å². The molecule has 1 fully saturated rings. The Hall–Kier alpha value is -3.02. The number of ether oxygens (including phenoxy) is 2. The van der Waals surface area contributed by atoms with Crippen LogP contribution in [0.25, 0.3) is 10.9 Å². The van der Waals surface area contributed by atoms with Gasteiger partial charge in [0.1, 0.15) is 5.82 Å². The summed E-state index contributed by atoms with van der Waals surface area (Å²) in [6.07, 6.45) is 1.74. The first kappa shape index (κ1) is 18.3. The first-order valence-corrected chi connectivity index (χ1v) is 9.46. The highest BCUT2D eigenvalue weighted by Crippen LogP contribution is 2.30. The first-order chi connectivity index (χ1) is 13.6. The molecule has 0 atom stereocenters. The minimum absolute atomic E-state index is 0.00327. The smallest absolute Gasteiger partial charge is 0.260 e. The average molecular weight is 382 g/mol. The van der Waals surface area contributed by atoms with Crippen LogP contribution in [0.15, 0.2) is 48.5 Å². The quantitative estimate of drug-likeness (QED) is 0.723. The van der Waals surface area contributed by atoms with Crippen molar-refractivity contribution >= 4 is 16.8 Å². The molecule has 1 aromatic heterocycles. The maximum absolute atomic E-state index is 13.4. The fourth-order valence-corrected chi connectivity index (χ4v) is 3.75. The lowest BCUT2D eigenvalue weighted by Gasteiger charge is -2.31. The average Bonchev–Trinajstić information content (AvgIpc) is 3.15. The first-order valence-electron chi connectivity index (χ1n) is 9.46. The lowest BCUT2D eigenvalue weighted by atomic mass is 9.93. The van der Waals surface area contributed by atoms with Gasteiger partial charge in [0, 0.05) is 35.6 Å². The number of aromatic amines is 1. The lowest BCUT2D eigenvalue weighted by Crippen LogP contribution is -2.40. The summed E-state index contributed by atoms with van der Waals surface area (Å²) in [6, 6.07) is 14.1. The number of carbonyl (C=O) groups excluding carboxylic acids is 1. The van der Waals surface area contributed by atoms with Gasteiger partial charge >= 0.3 is 0 Å². The number of nitrogens with zero attached hydrogens (tertiary/aromatic N) is 1. The van der Waals surface area contributed by atoms with Gasteiger partial charge in [-0.15, -0.1) is 0 Å². The summed E-state index contributed by atoms with van der Waals surface area (Å²) in [4.78, 5) is 17.7. The Morgan fingerprint density at radius 2 is 1.89 bits per heavy atom.